The molecule has 2 rings (SSSR count). The van der Waals surface area contributed by atoms with E-state index in [1.807, 2.05) is 0 Å². The van der Waals surface area contributed by atoms with Gasteiger partial charge >= 0.3 is 0 Å². The summed E-state index contributed by atoms with van der Waals surface area (Å²) in [7, 11) is 1.47. The van der Waals surface area contributed by atoms with Gasteiger partial charge in [-0.05, 0) is 31.0 Å². The highest BCUT2D eigenvalue weighted by molar-refractivity contribution is 5.95. The van der Waals surface area contributed by atoms with Gasteiger partial charge in [-0.3, -0.25) is 4.79 Å². The summed E-state index contributed by atoms with van der Waals surface area (Å²) < 4.78 is 4.99. The Hall–Kier alpha value is -1.75. The van der Waals surface area contributed by atoms with Crippen LogP contribution in [-0.4, -0.2) is 47.3 Å². The Morgan fingerprint density at radius 1 is 1.33 bits per heavy atom. The van der Waals surface area contributed by atoms with E-state index in [-0.39, 0.29) is 24.3 Å². The van der Waals surface area contributed by atoms with Gasteiger partial charge in [-0.25, -0.2) is 0 Å². The van der Waals surface area contributed by atoms with Gasteiger partial charge in [0.2, 0.25) is 0 Å². The number of hydrogen-bond acceptors (Lipinski definition) is 4. The van der Waals surface area contributed by atoms with E-state index in [2.05, 4.69) is 0 Å². The molecule has 1 aliphatic carbocycles. The molecule has 5 nitrogen and oxygen atoms in total. The molecule has 5 heteroatoms. The van der Waals surface area contributed by atoms with Crippen molar-refractivity contribution in [1.29, 1.82) is 0 Å². The number of rotatable bonds is 5. The van der Waals surface area contributed by atoms with Crippen LogP contribution < -0.4 is 4.74 Å². The number of nitrogens with zero attached hydrogens (tertiary/aromatic N) is 1. The van der Waals surface area contributed by atoms with Gasteiger partial charge in [0.25, 0.3) is 5.91 Å². The Balaban J connectivity index is 2.19. The summed E-state index contributed by atoms with van der Waals surface area (Å²) in [6.07, 6.45) is 5.41. The molecule has 0 aliphatic heterocycles. The number of carbonyl (C=O) groups is 1. The molecule has 0 saturated heterocycles. The van der Waals surface area contributed by atoms with E-state index in [4.69, 9.17) is 4.74 Å². The maximum absolute atomic E-state index is 12.6. The van der Waals surface area contributed by atoms with Gasteiger partial charge < -0.3 is 19.8 Å². The lowest BCUT2D eigenvalue weighted by Crippen LogP contribution is -2.43. The minimum atomic E-state index is -0.145. The molecule has 0 heterocycles. The number of carbonyl (C=O) groups excluding carboxylic acids is 1. The van der Waals surface area contributed by atoms with Crippen molar-refractivity contribution in [3.05, 3.63) is 23.8 Å². The quantitative estimate of drug-likeness (QED) is 0.873. The molecule has 1 amide bonds. The summed E-state index contributed by atoms with van der Waals surface area (Å²) >= 11 is 0. The maximum atomic E-state index is 12.6. The zero-order valence-corrected chi connectivity index (χ0v) is 12.4. The standard InChI is InChI=1S/C16H23NO4/c1-21-15-8-7-12(11-14(15)19)16(20)17(9-10-18)13-5-3-2-4-6-13/h7-8,11,13,18-19H,2-6,9-10H2,1H3. The summed E-state index contributed by atoms with van der Waals surface area (Å²) in [5, 5.41) is 19.1. The van der Waals surface area contributed by atoms with Crippen molar-refractivity contribution in [2.24, 2.45) is 0 Å². The predicted octanol–water partition coefficient (Wildman–Crippen LogP) is 2.17. The Morgan fingerprint density at radius 3 is 2.62 bits per heavy atom. The first-order chi connectivity index (χ1) is 10.2. The average Bonchev–Trinajstić information content (AvgIpc) is 2.52. The molecule has 0 unspecified atom stereocenters. The van der Waals surface area contributed by atoms with E-state index >= 15 is 0 Å². The highest BCUT2D eigenvalue weighted by Gasteiger charge is 2.26. The van der Waals surface area contributed by atoms with Gasteiger partial charge in [-0.15, -0.1) is 0 Å². The Bertz CT molecular complexity index is 483. The smallest absolute Gasteiger partial charge is 0.254 e. The van der Waals surface area contributed by atoms with E-state index < -0.39 is 0 Å². The second-order valence-electron chi connectivity index (χ2n) is 5.40. The van der Waals surface area contributed by atoms with Crippen molar-refractivity contribution in [2.45, 2.75) is 38.1 Å². The number of methoxy groups -OCH3 is 1. The normalized spacial score (nSPS) is 15.7. The van der Waals surface area contributed by atoms with Crippen LogP contribution in [0, 0.1) is 0 Å². The van der Waals surface area contributed by atoms with Crippen LogP contribution in [0.25, 0.3) is 0 Å². The molecular formula is C16H23NO4. The lowest BCUT2D eigenvalue weighted by molar-refractivity contribution is 0.0585. The minimum absolute atomic E-state index is 0.0454. The average molecular weight is 293 g/mol. The fourth-order valence-electron chi connectivity index (χ4n) is 2.94. The number of amides is 1. The molecule has 1 aliphatic rings. The van der Waals surface area contributed by atoms with Gasteiger partial charge in [0.1, 0.15) is 0 Å². The van der Waals surface area contributed by atoms with Gasteiger partial charge in [0.15, 0.2) is 11.5 Å². The predicted molar refractivity (Wildman–Crippen MR) is 79.7 cm³/mol. The third-order valence-electron chi connectivity index (χ3n) is 4.04. The number of aliphatic hydroxyl groups is 1. The molecule has 0 radical (unpaired) electrons. The Labute approximate surface area is 125 Å². The molecule has 21 heavy (non-hydrogen) atoms. The first-order valence-electron chi connectivity index (χ1n) is 7.46. The van der Waals surface area contributed by atoms with Gasteiger partial charge in [0, 0.05) is 18.2 Å². The van der Waals surface area contributed by atoms with Crippen molar-refractivity contribution in [3.8, 4) is 11.5 Å². The molecule has 0 bridgehead atoms. The number of hydrogen-bond donors (Lipinski definition) is 2. The zero-order valence-electron chi connectivity index (χ0n) is 12.4. The highest BCUT2D eigenvalue weighted by atomic mass is 16.5. The zero-order chi connectivity index (χ0) is 15.2. The molecule has 1 fully saturated rings. The van der Waals surface area contributed by atoms with Crippen molar-refractivity contribution in [1.82, 2.24) is 4.90 Å². The second-order valence-corrected chi connectivity index (χ2v) is 5.40. The largest absolute Gasteiger partial charge is 0.504 e. The third kappa shape index (κ3) is 3.67. The molecular weight excluding hydrogens is 270 g/mol. The minimum Gasteiger partial charge on any atom is -0.504 e. The molecule has 116 valence electrons. The van der Waals surface area contributed by atoms with Crippen LogP contribution in [0.4, 0.5) is 0 Å². The molecule has 2 N–H and O–H groups in total. The van der Waals surface area contributed by atoms with Crippen LogP contribution in [0.3, 0.4) is 0 Å². The highest BCUT2D eigenvalue weighted by Crippen LogP contribution is 2.28. The number of phenols is 1. The topological polar surface area (TPSA) is 70.0 Å². The lowest BCUT2D eigenvalue weighted by Gasteiger charge is -2.34. The summed E-state index contributed by atoms with van der Waals surface area (Å²) in [4.78, 5) is 14.4. The molecule has 0 aromatic heterocycles. The van der Waals surface area contributed by atoms with Crippen LogP contribution in [0.2, 0.25) is 0 Å². The van der Waals surface area contributed by atoms with E-state index in [0.29, 0.717) is 17.9 Å². The number of aromatic hydroxyl groups is 1. The van der Waals surface area contributed by atoms with Crippen LogP contribution in [0.15, 0.2) is 18.2 Å². The van der Waals surface area contributed by atoms with Crippen molar-refractivity contribution in [2.75, 3.05) is 20.3 Å². The first kappa shape index (κ1) is 15.6. The maximum Gasteiger partial charge on any atom is 0.254 e. The van der Waals surface area contributed by atoms with E-state index in [1.165, 1.54) is 19.6 Å². The molecule has 0 atom stereocenters. The monoisotopic (exact) mass is 293 g/mol. The first-order valence-corrected chi connectivity index (χ1v) is 7.46. The summed E-state index contributed by atoms with van der Waals surface area (Å²) in [6.45, 7) is 0.278. The second kappa shape index (κ2) is 7.31. The van der Waals surface area contributed by atoms with E-state index in [1.54, 1.807) is 17.0 Å². The molecule has 1 saturated carbocycles. The van der Waals surface area contributed by atoms with E-state index in [9.17, 15) is 15.0 Å². The number of phenolic OH excluding ortho intramolecular Hbond substituents is 1. The van der Waals surface area contributed by atoms with Crippen LogP contribution in [-0.2, 0) is 0 Å². The Kier molecular flexibility index (Phi) is 5.44. The number of aliphatic hydroxyl groups excluding tert-OH is 1. The number of ether oxygens (including phenoxy) is 1. The summed E-state index contributed by atoms with van der Waals surface area (Å²) in [5.74, 6) is 0.155. The van der Waals surface area contributed by atoms with Crippen molar-refractivity contribution >= 4 is 5.91 Å². The van der Waals surface area contributed by atoms with Gasteiger partial charge in [0.05, 0.1) is 13.7 Å². The number of benzene rings is 1. The van der Waals surface area contributed by atoms with Crippen LogP contribution >= 0.6 is 0 Å². The van der Waals surface area contributed by atoms with Crippen molar-refractivity contribution in [3.63, 3.8) is 0 Å². The third-order valence-corrected chi connectivity index (χ3v) is 4.04. The molecule has 1 aromatic carbocycles. The van der Waals surface area contributed by atoms with Crippen LogP contribution in [0.5, 0.6) is 11.5 Å². The van der Waals surface area contributed by atoms with Gasteiger partial charge in [-0.1, -0.05) is 19.3 Å². The Morgan fingerprint density at radius 2 is 2.05 bits per heavy atom. The summed E-state index contributed by atoms with van der Waals surface area (Å²) in [5.41, 5.74) is 0.423. The molecule has 0 spiro atoms. The van der Waals surface area contributed by atoms with Gasteiger partial charge in [-0.2, -0.15) is 0 Å². The van der Waals surface area contributed by atoms with Crippen LogP contribution in [0.1, 0.15) is 42.5 Å². The van der Waals surface area contributed by atoms with E-state index in [0.717, 1.165) is 25.7 Å². The fourth-order valence-corrected chi connectivity index (χ4v) is 2.94. The SMILES string of the molecule is COc1ccc(C(=O)N(CCO)C2CCCCC2)cc1O. The van der Waals surface area contributed by atoms with Crippen molar-refractivity contribution < 1.29 is 19.7 Å². The fraction of sp³-hybridized carbons (Fsp3) is 0.562. The lowest BCUT2D eigenvalue weighted by atomic mass is 9.93. The summed E-state index contributed by atoms with van der Waals surface area (Å²) in [6, 6.07) is 4.84. The molecule has 1 aromatic rings.